The molecule has 1 heterocycles. The Hall–Kier alpha value is -5.76. The van der Waals surface area contributed by atoms with Crippen LogP contribution in [0.2, 0.25) is 0 Å². The third-order valence-electron chi connectivity index (χ3n) is 17.2. The lowest BCUT2D eigenvalue weighted by Gasteiger charge is -2.31. The van der Waals surface area contributed by atoms with Crippen LogP contribution in [0.1, 0.15) is 142 Å². The number of fused-ring (bicyclic) bond motifs is 6. The second-order valence-electron chi connectivity index (χ2n) is 22.1. The minimum atomic E-state index is -0.205. The summed E-state index contributed by atoms with van der Waals surface area (Å²) >= 11 is 9.20. The molecule has 0 spiro atoms. The van der Waals surface area contributed by atoms with Gasteiger partial charge in [0.25, 0.3) is 0 Å². The molecule has 7 aliphatic carbocycles. The van der Waals surface area contributed by atoms with Gasteiger partial charge in [-0.25, -0.2) is 0 Å². The van der Waals surface area contributed by atoms with Gasteiger partial charge in [0.2, 0.25) is 0 Å². The Morgan fingerprint density at radius 3 is 1.40 bits per heavy atom. The van der Waals surface area contributed by atoms with Crippen molar-refractivity contribution in [3.8, 4) is 55.4 Å². The summed E-state index contributed by atoms with van der Waals surface area (Å²) in [4.78, 5) is 0. The molecule has 0 saturated carbocycles. The third-order valence-corrected chi connectivity index (χ3v) is 20.3. The molecule has 0 saturated heterocycles. The van der Waals surface area contributed by atoms with Crippen molar-refractivity contribution in [3.63, 3.8) is 0 Å². The largest absolute Gasteiger partial charge is 0.122 e. The number of benzene rings is 5. The SMILES string of the molecule is CC1(C)c2ccccc2-c2ccc(-c3c(C4=CC=CCC4)[pH]c(-c4c(C5=CC=CCC5)c(Br)c(C5=CC=CCC5)c(Br)c4-c4ccc5c(c4C4=CC=CCC4)C(C)(C)c4ccccc4-5)c3C3=CC=CCC3)cc21. The van der Waals surface area contributed by atoms with E-state index in [1.807, 2.05) is 0 Å². The first-order valence-electron chi connectivity index (χ1n) is 26.8. The Kier molecular flexibility index (Phi) is 11.9. The summed E-state index contributed by atoms with van der Waals surface area (Å²) in [6.45, 7) is 9.82. The highest BCUT2D eigenvalue weighted by Crippen LogP contribution is 2.63. The highest BCUT2D eigenvalue weighted by atomic mass is 79.9. The Morgan fingerprint density at radius 2 is 0.822 bits per heavy atom. The van der Waals surface area contributed by atoms with Crippen LogP contribution in [0, 0.1) is 0 Å². The van der Waals surface area contributed by atoms with Crippen LogP contribution >= 0.6 is 40.1 Å². The first-order chi connectivity index (χ1) is 35.6. The minimum Gasteiger partial charge on any atom is -0.122 e. The van der Waals surface area contributed by atoms with Gasteiger partial charge >= 0.3 is 0 Å². The summed E-state index contributed by atoms with van der Waals surface area (Å²) in [5.41, 5.74) is 30.3. The highest BCUT2D eigenvalue weighted by Gasteiger charge is 2.41. The van der Waals surface area contributed by atoms with Crippen LogP contribution in [0.15, 0.2) is 179 Å². The van der Waals surface area contributed by atoms with Crippen LogP contribution in [0.3, 0.4) is 0 Å². The lowest BCUT2D eigenvalue weighted by molar-refractivity contribution is 0.658. The van der Waals surface area contributed by atoms with Crippen molar-refractivity contribution in [3.05, 3.63) is 229 Å². The molecule has 360 valence electrons. The zero-order valence-corrected chi connectivity index (χ0v) is 46.7. The molecule has 0 fully saturated rings. The second kappa shape index (κ2) is 18.6. The Labute approximate surface area is 451 Å². The van der Waals surface area contributed by atoms with Gasteiger partial charge in [0.1, 0.15) is 0 Å². The van der Waals surface area contributed by atoms with Crippen molar-refractivity contribution in [1.29, 1.82) is 0 Å². The molecule has 7 aliphatic rings. The quantitative estimate of drug-likeness (QED) is 0.142. The van der Waals surface area contributed by atoms with Crippen molar-refractivity contribution < 1.29 is 0 Å². The number of hydrogen-bond acceptors (Lipinski definition) is 0. The highest BCUT2D eigenvalue weighted by molar-refractivity contribution is 9.11. The van der Waals surface area contributed by atoms with E-state index in [1.54, 1.807) is 0 Å². The van der Waals surface area contributed by atoms with E-state index in [-0.39, 0.29) is 10.8 Å². The van der Waals surface area contributed by atoms with Crippen molar-refractivity contribution in [2.45, 2.75) is 103 Å². The Bertz CT molecular complexity index is 3680. The fraction of sp³-hybridized carbons (Fsp3) is 0.229. The molecular formula is C70H61Br2P. The Balaban J connectivity index is 1.21. The fourth-order valence-corrected chi connectivity index (χ4v) is 17.5. The monoisotopic (exact) mass is 1090 g/mol. The molecule has 5 aromatic carbocycles. The van der Waals surface area contributed by atoms with E-state index in [9.17, 15) is 0 Å². The number of halogens is 2. The zero-order valence-electron chi connectivity index (χ0n) is 42.5. The van der Waals surface area contributed by atoms with E-state index in [0.29, 0.717) is 8.19 Å². The van der Waals surface area contributed by atoms with Crippen LogP contribution in [-0.4, -0.2) is 0 Å². The molecule has 3 heteroatoms. The predicted octanol–water partition coefficient (Wildman–Crippen LogP) is 21.5. The first kappa shape index (κ1) is 47.0. The van der Waals surface area contributed by atoms with Gasteiger partial charge in [0.05, 0.1) is 0 Å². The van der Waals surface area contributed by atoms with Gasteiger partial charge < -0.3 is 0 Å². The maximum atomic E-state index is 4.64. The summed E-state index contributed by atoms with van der Waals surface area (Å²) in [5.74, 6) is 0. The van der Waals surface area contributed by atoms with Gasteiger partial charge in [-0.05, 0) is 197 Å². The number of rotatable bonds is 8. The van der Waals surface area contributed by atoms with Gasteiger partial charge in [0.15, 0.2) is 0 Å². The van der Waals surface area contributed by atoms with Gasteiger partial charge in [-0.3, -0.25) is 0 Å². The van der Waals surface area contributed by atoms with E-state index in [4.69, 9.17) is 0 Å². The maximum Gasteiger partial charge on any atom is 0.0347 e. The van der Waals surface area contributed by atoms with E-state index in [1.165, 1.54) is 142 Å². The molecule has 0 nitrogen and oxygen atoms in total. The van der Waals surface area contributed by atoms with E-state index >= 15 is 0 Å². The van der Waals surface area contributed by atoms with Crippen LogP contribution < -0.4 is 0 Å². The maximum absolute atomic E-state index is 4.64. The smallest absolute Gasteiger partial charge is 0.0347 e. The molecule has 13 rings (SSSR count). The molecule has 1 atom stereocenters. The first-order valence-corrected chi connectivity index (χ1v) is 29.4. The van der Waals surface area contributed by atoms with Gasteiger partial charge in [-0.1, -0.05) is 192 Å². The molecular weight excluding hydrogens is 1030 g/mol. The van der Waals surface area contributed by atoms with E-state index in [2.05, 4.69) is 230 Å². The van der Waals surface area contributed by atoms with Crippen LogP contribution in [0.5, 0.6) is 0 Å². The van der Waals surface area contributed by atoms with Crippen molar-refractivity contribution in [1.82, 2.24) is 0 Å². The third kappa shape index (κ3) is 7.55. The molecule has 6 aromatic rings. The zero-order chi connectivity index (χ0) is 49.6. The molecule has 0 N–H and O–H groups in total. The summed E-state index contributed by atoms with van der Waals surface area (Å²) in [7, 11) is 0.448. The summed E-state index contributed by atoms with van der Waals surface area (Å²) in [6.07, 6.45) is 45.7. The van der Waals surface area contributed by atoms with Crippen LogP contribution in [0.25, 0.3) is 83.2 Å². The average Bonchev–Trinajstić information content (AvgIpc) is 4.02. The molecule has 1 unspecified atom stereocenters. The molecule has 0 radical (unpaired) electrons. The molecule has 0 aliphatic heterocycles. The molecule has 73 heavy (non-hydrogen) atoms. The number of hydrogen-bond donors (Lipinski definition) is 0. The normalized spacial score (nSPS) is 18.7. The summed E-state index contributed by atoms with van der Waals surface area (Å²) in [6, 6.07) is 30.9. The van der Waals surface area contributed by atoms with Crippen molar-refractivity contribution in [2.75, 3.05) is 0 Å². The molecule has 0 bridgehead atoms. The van der Waals surface area contributed by atoms with Crippen LogP contribution in [0.4, 0.5) is 0 Å². The lowest BCUT2D eigenvalue weighted by Crippen LogP contribution is -2.18. The summed E-state index contributed by atoms with van der Waals surface area (Å²) < 4.78 is 2.40. The van der Waals surface area contributed by atoms with Gasteiger partial charge in [-0.15, -0.1) is 8.19 Å². The topological polar surface area (TPSA) is 0 Å². The standard InChI is InChI=1S/C70H61Br2P/c1-69(2)54-36-22-20-34-49(54)51-39-38-48(42-56(51)69)60-59(45-28-14-7-15-29-45)68(73-67(60)47-32-18-9-19-33-47)63-58(44-26-12-6-13-27-44)65(71)61(46-30-16-8-17-31-46)66(72)62(63)53-41-40-52-50-35-21-23-37-55(50)70(3,4)64(52)57(53)43-24-10-5-11-25-43/h5-10,12,14,16,18,20-24,26,28,30,32,34-42,73H,11,13,15,17,19,25,27,29,31,33H2,1-4H3. The number of allylic oxidation sites excluding steroid dienone is 20. The fourth-order valence-electron chi connectivity index (χ4n) is 13.6. The molecule has 1 aromatic heterocycles. The van der Waals surface area contributed by atoms with Gasteiger partial charge in [-0.2, -0.15) is 0 Å². The Morgan fingerprint density at radius 1 is 0.370 bits per heavy atom. The van der Waals surface area contributed by atoms with Gasteiger partial charge in [0, 0.05) is 58.2 Å². The minimum absolute atomic E-state index is 0.119. The van der Waals surface area contributed by atoms with E-state index in [0.717, 1.165) is 64.2 Å². The average molecular weight is 1090 g/mol. The summed E-state index contributed by atoms with van der Waals surface area (Å²) in [5, 5.41) is 2.98. The van der Waals surface area contributed by atoms with Crippen molar-refractivity contribution >= 4 is 67.9 Å². The van der Waals surface area contributed by atoms with E-state index < -0.39 is 0 Å². The van der Waals surface area contributed by atoms with Crippen LogP contribution in [-0.2, 0) is 10.8 Å². The molecule has 0 amide bonds. The second-order valence-corrected chi connectivity index (χ2v) is 24.9. The lowest BCUT2D eigenvalue weighted by atomic mass is 9.74. The van der Waals surface area contributed by atoms with Crippen molar-refractivity contribution in [2.24, 2.45) is 0 Å². The predicted molar refractivity (Wildman–Crippen MR) is 325 cm³/mol.